The molecular weight excluding hydrogens is 328 g/mol. The molecule has 0 atom stereocenters. The Hall–Kier alpha value is -2.47. The third-order valence-electron chi connectivity index (χ3n) is 5.82. The van der Waals surface area contributed by atoms with Crippen molar-refractivity contribution in [3.8, 4) is 0 Å². The number of carbonyl (C=O) groups excluding carboxylic acids is 2. The van der Waals surface area contributed by atoms with Crippen molar-refractivity contribution in [1.29, 1.82) is 0 Å². The van der Waals surface area contributed by atoms with Crippen molar-refractivity contribution in [2.45, 2.75) is 24.8 Å². The van der Waals surface area contributed by atoms with Crippen LogP contribution >= 0.6 is 0 Å². The summed E-state index contributed by atoms with van der Waals surface area (Å²) in [7, 11) is 2.02. The minimum Gasteiger partial charge on any atom is -0.354 e. The SMILES string of the molecule is CN1CCCNC(=O)C12CCN(C(=O)c1cnc3ccccc3c1)CC2. The van der Waals surface area contributed by atoms with Gasteiger partial charge >= 0.3 is 0 Å². The first-order valence-electron chi connectivity index (χ1n) is 9.24. The van der Waals surface area contributed by atoms with Crippen LogP contribution in [0.2, 0.25) is 0 Å². The molecule has 0 saturated carbocycles. The van der Waals surface area contributed by atoms with Crippen molar-refractivity contribution in [3.05, 3.63) is 42.1 Å². The van der Waals surface area contributed by atoms with E-state index < -0.39 is 5.54 Å². The number of aromatic nitrogens is 1. The number of pyridine rings is 1. The second kappa shape index (κ2) is 6.68. The smallest absolute Gasteiger partial charge is 0.255 e. The van der Waals surface area contributed by atoms with Crippen LogP contribution in [0.3, 0.4) is 0 Å². The van der Waals surface area contributed by atoms with Gasteiger partial charge in [0.05, 0.1) is 11.1 Å². The summed E-state index contributed by atoms with van der Waals surface area (Å²) in [6.45, 7) is 2.81. The molecule has 0 bridgehead atoms. The molecule has 2 saturated heterocycles. The molecule has 6 heteroatoms. The number of likely N-dealkylation sites (tertiary alicyclic amines) is 1. The molecule has 0 radical (unpaired) electrons. The summed E-state index contributed by atoms with van der Waals surface area (Å²) >= 11 is 0. The first-order valence-corrected chi connectivity index (χ1v) is 9.24. The normalized spacial score (nSPS) is 20.8. The van der Waals surface area contributed by atoms with E-state index in [0.29, 0.717) is 31.5 Å². The highest BCUT2D eigenvalue weighted by atomic mass is 16.2. The third-order valence-corrected chi connectivity index (χ3v) is 5.82. The molecule has 2 aromatic rings. The Morgan fingerprint density at radius 2 is 1.96 bits per heavy atom. The van der Waals surface area contributed by atoms with Crippen LogP contribution in [0.5, 0.6) is 0 Å². The maximum Gasteiger partial charge on any atom is 0.255 e. The Bertz CT molecular complexity index is 843. The Morgan fingerprint density at radius 1 is 1.19 bits per heavy atom. The Labute approximate surface area is 153 Å². The van der Waals surface area contributed by atoms with Gasteiger partial charge < -0.3 is 10.2 Å². The molecule has 26 heavy (non-hydrogen) atoms. The highest BCUT2D eigenvalue weighted by Gasteiger charge is 2.46. The molecule has 2 fully saturated rings. The zero-order valence-electron chi connectivity index (χ0n) is 15.1. The standard InChI is InChI=1S/C20H24N4O2/c1-23-10-4-9-21-19(26)20(23)7-11-24(12-8-20)18(25)16-13-15-5-2-3-6-17(15)22-14-16/h2-3,5-6,13-14H,4,7-12H2,1H3,(H,21,26). The molecule has 1 aromatic carbocycles. The summed E-state index contributed by atoms with van der Waals surface area (Å²) in [6, 6.07) is 9.70. The van der Waals surface area contributed by atoms with E-state index in [9.17, 15) is 9.59 Å². The van der Waals surface area contributed by atoms with Crippen molar-refractivity contribution < 1.29 is 9.59 Å². The van der Waals surface area contributed by atoms with Crippen LogP contribution in [-0.2, 0) is 4.79 Å². The maximum absolute atomic E-state index is 12.9. The number of nitrogens with one attached hydrogen (secondary N) is 1. The molecule has 1 aromatic heterocycles. The van der Waals surface area contributed by atoms with E-state index >= 15 is 0 Å². The van der Waals surface area contributed by atoms with Crippen molar-refractivity contribution in [2.75, 3.05) is 33.2 Å². The second-order valence-corrected chi connectivity index (χ2v) is 7.27. The molecule has 0 unspecified atom stereocenters. The zero-order valence-corrected chi connectivity index (χ0v) is 15.1. The summed E-state index contributed by atoms with van der Waals surface area (Å²) < 4.78 is 0. The molecule has 2 amide bonds. The molecule has 6 nitrogen and oxygen atoms in total. The van der Waals surface area contributed by atoms with Gasteiger partial charge in [-0.2, -0.15) is 0 Å². The van der Waals surface area contributed by atoms with Gasteiger partial charge in [0.25, 0.3) is 5.91 Å². The van der Waals surface area contributed by atoms with Crippen LogP contribution < -0.4 is 5.32 Å². The first-order chi connectivity index (χ1) is 12.6. The molecule has 136 valence electrons. The minimum absolute atomic E-state index is 0.00483. The van der Waals surface area contributed by atoms with E-state index in [4.69, 9.17) is 0 Å². The van der Waals surface area contributed by atoms with Crippen molar-refractivity contribution in [2.24, 2.45) is 0 Å². The van der Waals surface area contributed by atoms with E-state index in [1.54, 1.807) is 6.20 Å². The number of amides is 2. The Kier molecular flexibility index (Phi) is 4.36. The van der Waals surface area contributed by atoms with E-state index in [0.717, 1.165) is 30.4 Å². The minimum atomic E-state index is -0.477. The van der Waals surface area contributed by atoms with Gasteiger partial charge in [0.1, 0.15) is 5.54 Å². The van der Waals surface area contributed by atoms with E-state index in [1.165, 1.54) is 0 Å². The fraction of sp³-hybridized carbons (Fsp3) is 0.450. The second-order valence-electron chi connectivity index (χ2n) is 7.27. The number of nitrogens with zero attached hydrogens (tertiary/aromatic N) is 3. The molecule has 2 aliphatic rings. The number of piperidine rings is 1. The topological polar surface area (TPSA) is 65.5 Å². The number of para-hydroxylation sites is 1. The van der Waals surface area contributed by atoms with Gasteiger partial charge in [0.2, 0.25) is 5.91 Å². The lowest BCUT2D eigenvalue weighted by Crippen LogP contribution is -2.61. The molecule has 4 rings (SSSR count). The molecule has 1 N–H and O–H groups in total. The number of hydrogen-bond donors (Lipinski definition) is 1. The summed E-state index contributed by atoms with van der Waals surface area (Å²) in [4.78, 5) is 34.0. The number of rotatable bonds is 1. The fourth-order valence-corrected chi connectivity index (χ4v) is 4.13. The van der Waals surface area contributed by atoms with Gasteiger partial charge in [-0.15, -0.1) is 0 Å². The highest BCUT2D eigenvalue weighted by molar-refractivity contribution is 5.97. The van der Waals surface area contributed by atoms with Crippen LogP contribution in [0.4, 0.5) is 0 Å². The van der Waals surface area contributed by atoms with Gasteiger partial charge in [0, 0.05) is 37.8 Å². The summed E-state index contributed by atoms with van der Waals surface area (Å²) in [5, 5.41) is 4.00. The van der Waals surface area contributed by atoms with E-state index in [-0.39, 0.29) is 11.8 Å². The van der Waals surface area contributed by atoms with Gasteiger partial charge in [-0.3, -0.25) is 19.5 Å². The average Bonchev–Trinajstić information content (AvgIpc) is 2.82. The lowest BCUT2D eigenvalue weighted by molar-refractivity contribution is -0.134. The largest absolute Gasteiger partial charge is 0.354 e. The summed E-state index contributed by atoms with van der Waals surface area (Å²) in [5.41, 5.74) is 1.02. The van der Waals surface area contributed by atoms with Gasteiger partial charge in [-0.25, -0.2) is 0 Å². The highest BCUT2D eigenvalue weighted by Crippen LogP contribution is 2.30. The fourth-order valence-electron chi connectivity index (χ4n) is 4.13. The number of likely N-dealkylation sites (N-methyl/N-ethyl adjacent to an activating group) is 1. The van der Waals surface area contributed by atoms with Crippen LogP contribution in [0.25, 0.3) is 10.9 Å². The first kappa shape index (κ1) is 17.0. The number of hydrogen-bond acceptors (Lipinski definition) is 4. The average molecular weight is 352 g/mol. The van der Waals surface area contributed by atoms with Gasteiger partial charge in [-0.05, 0) is 38.4 Å². The van der Waals surface area contributed by atoms with Crippen LogP contribution in [0.15, 0.2) is 36.5 Å². The molecule has 3 heterocycles. The summed E-state index contributed by atoms with van der Waals surface area (Å²) in [6.07, 6.45) is 3.96. The molecular formula is C20H24N4O2. The lowest BCUT2D eigenvalue weighted by Gasteiger charge is -2.44. The van der Waals surface area contributed by atoms with E-state index in [1.807, 2.05) is 42.3 Å². The predicted octanol–water partition coefficient (Wildman–Crippen LogP) is 1.66. The lowest BCUT2D eigenvalue weighted by atomic mass is 9.85. The van der Waals surface area contributed by atoms with Crippen LogP contribution in [0.1, 0.15) is 29.6 Å². The summed E-state index contributed by atoms with van der Waals surface area (Å²) in [5.74, 6) is 0.103. The number of benzene rings is 1. The molecule has 2 aliphatic heterocycles. The quantitative estimate of drug-likeness (QED) is 0.848. The van der Waals surface area contributed by atoms with Crippen molar-refractivity contribution >= 4 is 22.7 Å². The zero-order chi connectivity index (χ0) is 18.1. The van der Waals surface area contributed by atoms with Crippen molar-refractivity contribution in [3.63, 3.8) is 0 Å². The number of carbonyl (C=O) groups is 2. The Balaban J connectivity index is 1.51. The third kappa shape index (κ3) is 2.84. The van der Waals surface area contributed by atoms with Crippen LogP contribution in [0, 0.1) is 0 Å². The molecule has 1 spiro atoms. The monoisotopic (exact) mass is 352 g/mol. The Morgan fingerprint density at radius 3 is 2.77 bits per heavy atom. The van der Waals surface area contributed by atoms with Crippen LogP contribution in [-0.4, -0.2) is 65.4 Å². The number of fused-ring (bicyclic) bond motifs is 1. The van der Waals surface area contributed by atoms with Crippen molar-refractivity contribution in [1.82, 2.24) is 20.1 Å². The van der Waals surface area contributed by atoms with Gasteiger partial charge in [-0.1, -0.05) is 18.2 Å². The van der Waals surface area contributed by atoms with Gasteiger partial charge in [0.15, 0.2) is 0 Å². The maximum atomic E-state index is 12.9. The predicted molar refractivity (Wildman–Crippen MR) is 99.9 cm³/mol. The van der Waals surface area contributed by atoms with E-state index in [2.05, 4.69) is 15.2 Å². The molecule has 0 aliphatic carbocycles.